The highest BCUT2D eigenvalue weighted by atomic mass is 16.5. The molecule has 0 radical (unpaired) electrons. The fourth-order valence-electron chi connectivity index (χ4n) is 2.01. The van der Waals surface area contributed by atoms with Crippen molar-refractivity contribution >= 4 is 0 Å². The Morgan fingerprint density at radius 3 is 2.40 bits per heavy atom. The van der Waals surface area contributed by atoms with Crippen molar-refractivity contribution in [2.24, 2.45) is 5.73 Å². The van der Waals surface area contributed by atoms with E-state index in [0.717, 1.165) is 50.6 Å². The van der Waals surface area contributed by atoms with Gasteiger partial charge in [0.25, 0.3) is 0 Å². The molecule has 1 aromatic carbocycles. The van der Waals surface area contributed by atoms with Crippen molar-refractivity contribution in [3.63, 3.8) is 0 Å². The van der Waals surface area contributed by atoms with Gasteiger partial charge >= 0.3 is 0 Å². The summed E-state index contributed by atoms with van der Waals surface area (Å²) in [5, 5.41) is 0. The topological polar surface area (TPSA) is 47.7 Å². The maximum Gasteiger partial charge on any atom is 0.119 e. The smallest absolute Gasteiger partial charge is 0.119 e. The minimum Gasteiger partial charge on any atom is -0.494 e. The molecule has 1 atom stereocenters. The lowest BCUT2D eigenvalue weighted by molar-refractivity contribution is 0.147. The van der Waals surface area contributed by atoms with Gasteiger partial charge in [0.15, 0.2) is 0 Å². The van der Waals surface area contributed by atoms with E-state index in [1.807, 2.05) is 12.1 Å². The lowest BCUT2D eigenvalue weighted by atomic mass is 10.1. The third-order valence-corrected chi connectivity index (χ3v) is 3.29. The van der Waals surface area contributed by atoms with Gasteiger partial charge in [-0.05, 0) is 30.7 Å². The number of ether oxygens (including phenoxy) is 2. The van der Waals surface area contributed by atoms with Gasteiger partial charge in [0.1, 0.15) is 5.75 Å². The zero-order valence-corrected chi connectivity index (χ0v) is 13.0. The third-order valence-electron chi connectivity index (χ3n) is 3.29. The van der Waals surface area contributed by atoms with Crippen LogP contribution >= 0.6 is 0 Å². The molecule has 0 saturated heterocycles. The number of benzene rings is 1. The van der Waals surface area contributed by atoms with Gasteiger partial charge in [0.2, 0.25) is 0 Å². The maximum atomic E-state index is 6.27. The second-order valence-electron chi connectivity index (χ2n) is 4.91. The molecule has 0 heterocycles. The minimum absolute atomic E-state index is 0.0204. The van der Waals surface area contributed by atoms with Crippen LogP contribution in [0.15, 0.2) is 24.3 Å². The van der Waals surface area contributed by atoms with E-state index in [-0.39, 0.29) is 6.04 Å². The average molecular weight is 280 g/mol. The molecule has 0 aromatic heterocycles. The molecule has 0 aliphatic heterocycles. The Kier molecular flexibility index (Phi) is 8.26. The van der Waals surface area contributed by atoms with Gasteiger partial charge in [-0.2, -0.15) is 0 Å². The van der Waals surface area contributed by atoms with E-state index >= 15 is 0 Å². The quantitative estimate of drug-likeness (QED) is 0.715. The molecule has 0 aliphatic carbocycles. The fourth-order valence-corrected chi connectivity index (χ4v) is 2.01. The fraction of sp³-hybridized carbons (Fsp3) is 0.625. The summed E-state index contributed by atoms with van der Waals surface area (Å²) in [4.78, 5) is 2.30. The van der Waals surface area contributed by atoms with Crippen LogP contribution in [0.3, 0.4) is 0 Å². The molecule has 1 rings (SSSR count). The van der Waals surface area contributed by atoms with E-state index in [2.05, 4.69) is 30.9 Å². The van der Waals surface area contributed by atoms with E-state index in [0.29, 0.717) is 0 Å². The van der Waals surface area contributed by atoms with Gasteiger partial charge in [-0.15, -0.1) is 0 Å². The monoisotopic (exact) mass is 280 g/mol. The molecular weight excluding hydrogens is 252 g/mol. The summed E-state index contributed by atoms with van der Waals surface area (Å²) in [6.07, 6.45) is 1.02. The van der Waals surface area contributed by atoms with Gasteiger partial charge in [0, 0.05) is 26.2 Å². The molecule has 1 unspecified atom stereocenters. The Morgan fingerprint density at radius 1 is 1.15 bits per heavy atom. The van der Waals surface area contributed by atoms with Crippen molar-refractivity contribution in [2.45, 2.75) is 26.3 Å². The van der Waals surface area contributed by atoms with E-state index in [9.17, 15) is 0 Å². The lowest BCUT2D eigenvalue weighted by Crippen LogP contribution is -2.34. The number of nitrogens with two attached hydrogens (primary N) is 1. The SMILES string of the molecule is CCCOc1ccc(C(N)CN(CC)CCOC)cc1. The highest BCUT2D eigenvalue weighted by molar-refractivity contribution is 5.29. The van der Waals surface area contributed by atoms with E-state index in [4.69, 9.17) is 15.2 Å². The predicted octanol–water partition coefficient (Wildman–Crippen LogP) is 2.44. The molecule has 114 valence electrons. The summed E-state index contributed by atoms with van der Waals surface area (Å²) in [6.45, 7) is 8.48. The zero-order valence-electron chi connectivity index (χ0n) is 13.0. The summed E-state index contributed by atoms with van der Waals surface area (Å²) < 4.78 is 10.7. The van der Waals surface area contributed by atoms with Crippen molar-refractivity contribution in [1.29, 1.82) is 0 Å². The average Bonchev–Trinajstić information content (AvgIpc) is 2.49. The van der Waals surface area contributed by atoms with Crippen LogP contribution in [0.1, 0.15) is 31.9 Å². The van der Waals surface area contributed by atoms with Crippen molar-refractivity contribution in [3.8, 4) is 5.75 Å². The number of rotatable bonds is 10. The Labute approximate surface area is 122 Å². The molecule has 0 saturated carbocycles. The summed E-state index contributed by atoms with van der Waals surface area (Å²) in [6, 6.07) is 8.12. The zero-order chi connectivity index (χ0) is 14.8. The molecule has 4 heteroatoms. The van der Waals surface area contributed by atoms with Crippen LogP contribution in [-0.2, 0) is 4.74 Å². The van der Waals surface area contributed by atoms with Gasteiger partial charge in [0.05, 0.1) is 13.2 Å². The summed E-state index contributed by atoms with van der Waals surface area (Å²) >= 11 is 0. The first-order valence-corrected chi connectivity index (χ1v) is 7.40. The third kappa shape index (κ3) is 5.90. The Balaban J connectivity index is 2.51. The van der Waals surface area contributed by atoms with Crippen LogP contribution in [0.5, 0.6) is 5.75 Å². The number of hydrogen-bond donors (Lipinski definition) is 1. The van der Waals surface area contributed by atoms with Gasteiger partial charge < -0.3 is 15.2 Å². The summed E-state index contributed by atoms with van der Waals surface area (Å²) in [7, 11) is 1.72. The van der Waals surface area contributed by atoms with Gasteiger partial charge in [-0.3, -0.25) is 4.90 Å². The number of nitrogens with zero attached hydrogens (tertiary/aromatic N) is 1. The lowest BCUT2D eigenvalue weighted by Gasteiger charge is -2.24. The van der Waals surface area contributed by atoms with Crippen LogP contribution in [-0.4, -0.2) is 44.9 Å². The number of methoxy groups -OCH3 is 1. The van der Waals surface area contributed by atoms with Crippen LogP contribution in [0, 0.1) is 0 Å². The molecule has 4 nitrogen and oxygen atoms in total. The molecule has 0 aliphatic rings. The van der Waals surface area contributed by atoms with E-state index in [1.54, 1.807) is 7.11 Å². The first kappa shape index (κ1) is 17.0. The summed E-state index contributed by atoms with van der Waals surface area (Å²) in [5.74, 6) is 0.912. The van der Waals surface area contributed by atoms with Crippen molar-refractivity contribution in [1.82, 2.24) is 4.90 Å². The van der Waals surface area contributed by atoms with E-state index in [1.165, 1.54) is 0 Å². The Bertz CT molecular complexity index is 354. The highest BCUT2D eigenvalue weighted by Crippen LogP contribution is 2.17. The molecular formula is C16H28N2O2. The molecule has 2 N–H and O–H groups in total. The second kappa shape index (κ2) is 9.75. The molecule has 20 heavy (non-hydrogen) atoms. The van der Waals surface area contributed by atoms with Crippen LogP contribution in [0.25, 0.3) is 0 Å². The highest BCUT2D eigenvalue weighted by Gasteiger charge is 2.11. The normalized spacial score (nSPS) is 12.7. The Morgan fingerprint density at radius 2 is 1.85 bits per heavy atom. The van der Waals surface area contributed by atoms with Crippen molar-refractivity contribution in [2.75, 3.05) is 40.0 Å². The number of hydrogen-bond acceptors (Lipinski definition) is 4. The number of likely N-dealkylation sites (N-methyl/N-ethyl adjacent to an activating group) is 1. The Hall–Kier alpha value is -1.10. The molecule has 0 bridgehead atoms. The minimum atomic E-state index is 0.0204. The van der Waals surface area contributed by atoms with Crippen LogP contribution < -0.4 is 10.5 Å². The molecule has 0 spiro atoms. The molecule has 0 amide bonds. The van der Waals surface area contributed by atoms with Crippen LogP contribution in [0.2, 0.25) is 0 Å². The summed E-state index contributed by atoms with van der Waals surface area (Å²) in [5.41, 5.74) is 7.41. The first-order valence-electron chi connectivity index (χ1n) is 7.40. The molecule has 1 aromatic rings. The maximum absolute atomic E-state index is 6.27. The van der Waals surface area contributed by atoms with E-state index < -0.39 is 0 Å². The van der Waals surface area contributed by atoms with Gasteiger partial charge in [-0.1, -0.05) is 26.0 Å². The standard InChI is InChI=1S/C16H28N2O2/c1-4-11-20-15-8-6-14(7-9-15)16(17)13-18(5-2)10-12-19-3/h6-9,16H,4-5,10-13,17H2,1-3H3. The predicted molar refractivity (Wildman–Crippen MR) is 83.1 cm³/mol. The second-order valence-corrected chi connectivity index (χ2v) is 4.91. The van der Waals surface area contributed by atoms with Crippen molar-refractivity contribution < 1.29 is 9.47 Å². The molecule has 0 fully saturated rings. The van der Waals surface area contributed by atoms with Crippen LogP contribution in [0.4, 0.5) is 0 Å². The van der Waals surface area contributed by atoms with Crippen molar-refractivity contribution in [3.05, 3.63) is 29.8 Å². The van der Waals surface area contributed by atoms with Gasteiger partial charge in [-0.25, -0.2) is 0 Å². The largest absolute Gasteiger partial charge is 0.494 e. The first-order chi connectivity index (χ1) is 9.71.